The van der Waals surface area contributed by atoms with Crippen molar-refractivity contribution >= 4 is 11.9 Å². The highest BCUT2D eigenvalue weighted by Crippen LogP contribution is 2.12. The third-order valence-electron chi connectivity index (χ3n) is 3.88. The number of aliphatic carboxylic acids is 2. The summed E-state index contributed by atoms with van der Waals surface area (Å²) in [4.78, 5) is 21.5. The summed E-state index contributed by atoms with van der Waals surface area (Å²) in [6, 6.07) is 0. The molecular weight excluding hydrogens is 328 g/mol. The maximum atomic E-state index is 11.2. The molecule has 0 rings (SSSR count). The van der Waals surface area contributed by atoms with Crippen molar-refractivity contribution in [3.63, 3.8) is 0 Å². The van der Waals surface area contributed by atoms with Crippen LogP contribution < -0.4 is 0 Å². The molecule has 0 aliphatic carbocycles. The fourth-order valence-corrected chi connectivity index (χ4v) is 2.36. The molecule has 0 spiro atoms. The fourth-order valence-electron chi connectivity index (χ4n) is 2.36. The van der Waals surface area contributed by atoms with Crippen LogP contribution in [0.2, 0.25) is 0 Å². The third kappa shape index (κ3) is 16.7. The van der Waals surface area contributed by atoms with E-state index in [1.165, 1.54) is 0 Å². The van der Waals surface area contributed by atoms with Gasteiger partial charge in [-0.2, -0.15) is 0 Å². The second kappa shape index (κ2) is 17.7. The van der Waals surface area contributed by atoms with Gasteiger partial charge in [0.15, 0.2) is 0 Å². The number of allylic oxidation sites excluding steroid dienone is 7. The first-order valence-corrected chi connectivity index (χ1v) is 9.64. The van der Waals surface area contributed by atoms with Crippen LogP contribution >= 0.6 is 0 Å². The minimum Gasteiger partial charge on any atom is -0.481 e. The molecule has 1 atom stereocenters. The highest BCUT2D eigenvalue weighted by atomic mass is 16.4. The average Bonchev–Trinajstić information content (AvgIpc) is 2.60. The topological polar surface area (TPSA) is 74.6 Å². The molecule has 0 saturated carbocycles. The Morgan fingerprint density at radius 1 is 0.808 bits per heavy atom. The van der Waals surface area contributed by atoms with Gasteiger partial charge >= 0.3 is 11.9 Å². The van der Waals surface area contributed by atoms with E-state index >= 15 is 0 Å². The Hall–Kier alpha value is -2.10. The minimum atomic E-state index is -0.741. The molecule has 0 aromatic heterocycles. The number of carboxylic acids is 2. The van der Waals surface area contributed by atoms with E-state index in [-0.39, 0.29) is 12.3 Å². The van der Waals surface area contributed by atoms with E-state index in [9.17, 15) is 14.7 Å². The van der Waals surface area contributed by atoms with Gasteiger partial charge in [-0.1, -0.05) is 74.8 Å². The normalized spacial score (nSPS) is 13.4. The van der Waals surface area contributed by atoms with Crippen molar-refractivity contribution in [2.45, 2.75) is 71.1 Å². The third-order valence-corrected chi connectivity index (χ3v) is 3.88. The van der Waals surface area contributed by atoms with Crippen LogP contribution in [0.25, 0.3) is 0 Å². The summed E-state index contributed by atoms with van der Waals surface area (Å²) in [5.41, 5.74) is 0. The van der Waals surface area contributed by atoms with E-state index < -0.39 is 11.9 Å². The first-order chi connectivity index (χ1) is 12.6. The monoisotopic (exact) mass is 362 g/mol. The molecular formula is C22H34O4. The molecule has 0 aliphatic rings. The van der Waals surface area contributed by atoms with Crippen LogP contribution in [-0.4, -0.2) is 22.2 Å². The lowest BCUT2D eigenvalue weighted by Gasteiger charge is -2.06. The Balaban J connectivity index is 3.79. The lowest BCUT2D eigenvalue weighted by atomic mass is 10.0. The maximum absolute atomic E-state index is 11.2. The predicted molar refractivity (Wildman–Crippen MR) is 107 cm³/mol. The lowest BCUT2D eigenvalue weighted by Crippen LogP contribution is -2.10. The number of rotatable bonds is 16. The molecule has 0 radical (unpaired) electrons. The summed E-state index contributed by atoms with van der Waals surface area (Å²) in [6.07, 6.45) is 24.2. The number of carbonyl (C=O) groups is 2. The zero-order chi connectivity index (χ0) is 19.5. The van der Waals surface area contributed by atoms with Crippen LogP contribution in [0.3, 0.4) is 0 Å². The van der Waals surface area contributed by atoms with Crippen molar-refractivity contribution in [2.24, 2.45) is 5.92 Å². The van der Waals surface area contributed by atoms with Crippen LogP contribution in [0.5, 0.6) is 0 Å². The van der Waals surface area contributed by atoms with Crippen LogP contribution in [0.4, 0.5) is 0 Å². The smallest absolute Gasteiger partial charge is 0.310 e. The summed E-state index contributed by atoms with van der Waals surface area (Å²) in [6.45, 7) is 2.11. The van der Waals surface area contributed by atoms with E-state index in [0.717, 1.165) is 51.4 Å². The molecule has 0 aromatic rings. The Morgan fingerprint density at radius 3 is 1.92 bits per heavy atom. The molecule has 1 unspecified atom stereocenters. The first kappa shape index (κ1) is 23.9. The second-order valence-corrected chi connectivity index (χ2v) is 6.28. The van der Waals surface area contributed by atoms with Gasteiger partial charge in [0.05, 0.1) is 5.92 Å². The Bertz CT molecular complexity index is 486. The van der Waals surface area contributed by atoms with Crippen molar-refractivity contribution in [2.75, 3.05) is 0 Å². The highest BCUT2D eigenvalue weighted by molar-refractivity contribution is 5.72. The van der Waals surface area contributed by atoms with Gasteiger partial charge in [-0.15, -0.1) is 0 Å². The van der Waals surface area contributed by atoms with E-state index in [1.54, 1.807) is 0 Å². The molecule has 4 heteroatoms. The number of carboxylic acid groups (broad SMARTS) is 2. The second-order valence-electron chi connectivity index (χ2n) is 6.28. The zero-order valence-electron chi connectivity index (χ0n) is 16.0. The summed E-state index contributed by atoms with van der Waals surface area (Å²) in [5.74, 6) is -1.84. The van der Waals surface area contributed by atoms with Gasteiger partial charge in [-0.05, 0) is 38.5 Å². The van der Waals surface area contributed by atoms with Gasteiger partial charge in [0.25, 0.3) is 0 Å². The average molecular weight is 363 g/mol. The van der Waals surface area contributed by atoms with Gasteiger partial charge in [0.1, 0.15) is 0 Å². The van der Waals surface area contributed by atoms with E-state index in [2.05, 4.69) is 31.2 Å². The molecule has 2 N–H and O–H groups in total. The van der Waals surface area contributed by atoms with Crippen molar-refractivity contribution in [3.05, 3.63) is 48.6 Å². The van der Waals surface area contributed by atoms with E-state index in [0.29, 0.717) is 6.42 Å². The molecule has 146 valence electrons. The van der Waals surface area contributed by atoms with Gasteiger partial charge in [-0.25, -0.2) is 0 Å². The molecule has 4 nitrogen and oxygen atoms in total. The number of unbranched alkanes of at least 4 members (excludes halogenated alkanes) is 3. The molecule has 0 amide bonds. The minimum absolute atomic E-state index is 0.228. The largest absolute Gasteiger partial charge is 0.481 e. The van der Waals surface area contributed by atoms with Crippen molar-refractivity contribution < 1.29 is 19.8 Å². The van der Waals surface area contributed by atoms with Crippen molar-refractivity contribution in [1.29, 1.82) is 0 Å². The lowest BCUT2D eigenvalue weighted by molar-refractivity contribution is -0.140. The number of hydrogen-bond donors (Lipinski definition) is 2. The first-order valence-electron chi connectivity index (χ1n) is 9.64. The predicted octanol–water partition coefficient (Wildman–Crippen LogP) is 5.92. The van der Waals surface area contributed by atoms with Gasteiger partial charge in [0, 0.05) is 6.42 Å². The van der Waals surface area contributed by atoms with E-state index in [4.69, 9.17) is 5.11 Å². The van der Waals surface area contributed by atoms with Crippen molar-refractivity contribution in [1.82, 2.24) is 0 Å². The summed E-state index contributed by atoms with van der Waals surface area (Å²) in [5, 5.41) is 17.7. The summed E-state index contributed by atoms with van der Waals surface area (Å²) >= 11 is 0. The van der Waals surface area contributed by atoms with Crippen LogP contribution in [-0.2, 0) is 9.59 Å². The molecule has 0 bridgehead atoms. The Kier molecular flexibility index (Phi) is 16.3. The quantitative estimate of drug-likeness (QED) is 0.264. The number of hydrogen-bond acceptors (Lipinski definition) is 2. The van der Waals surface area contributed by atoms with Crippen LogP contribution in [0.15, 0.2) is 48.6 Å². The zero-order valence-corrected chi connectivity index (χ0v) is 16.0. The summed E-state index contributed by atoms with van der Waals surface area (Å²) < 4.78 is 0. The van der Waals surface area contributed by atoms with Crippen molar-refractivity contribution in [3.8, 4) is 0 Å². The fraction of sp³-hybridized carbons (Fsp3) is 0.545. The summed E-state index contributed by atoms with van der Waals surface area (Å²) in [7, 11) is 0. The molecule has 26 heavy (non-hydrogen) atoms. The molecule has 0 heterocycles. The van der Waals surface area contributed by atoms with E-state index in [1.807, 2.05) is 24.3 Å². The molecule has 0 aliphatic heterocycles. The highest BCUT2D eigenvalue weighted by Gasteiger charge is 2.12. The molecule has 0 saturated heterocycles. The SMILES string of the molecule is CCCCCC(/C=C\C/C=C\C/C=C\C/C=C\CCCC(=O)O)C(=O)O. The van der Waals surface area contributed by atoms with Crippen LogP contribution in [0, 0.1) is 5.92 Å². The van der Waals surface area contributed by atoms with Gasteiger partial charge in [0.2, 0.25) is 0 Å². The standard InChI is InChI=1S/C22H34O4/c1-2-3-14-17-20(22(25)26)18-15-12-10-8-6-4-5-7-9-11-13-16-19-21(23)24/h4-5,8-11,15,18,20H,2-3,6-7,12-14,16-17,19H2,1H3,(H,23,24)(H,25,26)/b5-4-,10-8-,11-9-,18-15-. The van der Waals surface area contributed by atoms with Gasteiger partial charge < -0.3 is 10.2 Å². The van der Waals surface area contributed by atoms with Gasteiger partial charge in [-0.3, -0.25) is 9.59 Å². The Labute approximate surface area is 158 Å². The van der Waals surface area contributed by atoms with Crippen LogP contribution in [0.1, 0.15) is 71.1 Å². The molecule has 0 aromatic carbocycles. The Morgan fingerprint density at radius 2 is 1.38 bits per heavy atom. The molecule has 0 fully saturated rings. The maximum Gasteiger partial charge on any atom is 0.310 e.